The highest BCUT2D eigenvalue weighted by Crippen LogP contribution is 2.27. The Balaban J connectivity index is 1.81. The molecule has 0 radical (unpaired) electrons. The average molecular weight is 326 g/mol. The summed E-state index contributed by atoms with van der Waals surface area (Å²) in [5, 5.41) is 1.43. The molecule has 0 spiro atoms. The zero-order valence-electron chi connectivity index (χ0n) is 10.7. The number of hydrogen-bond donors (Lipinski definition) is 1. The summed E-state index contributed by atoms with van der Waals surface area (Å²) < 4.78 is 0.548. The first-order valence-corrected chi connectivity index (χ1v) is 7.52. The standard InChI is InChI=1S/C14H13Cl2N3S/c15-11-2-1-3-12(16)10(11)8-19-5-4-13-9(7-19)6-17-14(20)18-13/h1-3,6H,4-5,7-8H2,(H,17,18,20). The molecule has 0 saturated heterocycles. The first kappa shape index (κ1) is 14.0. The Morgan fingerprint density at radius 3 is 2.80 bits per heavy atom. The molecule has 1 aromatic heterocycles. The van der Waals surface area contributed by atoms with Crippen LogP contribution in [0.2, 0.25) is 10.0 Å². The van der Waals surface area contributed by atoms with Gasteiger partial charge in [-0.25, -0.2) is 4.98 Å². The second kappa shape index (κ2) is 5.82. The van der Waals surface area contributed by atoms with E-state index in [0.29, 0.717) is 14.8 Å². The lowest BCUT2D eigenvalue weighted by Crippen LogP contribution is -2.31. The lowest BCUT2D eigenvalue weighted by atomic mass is 10.1. The lowest BCUT2D eigenvalue weighted by molar-refractivity contribution is 0.243. The van der Waals surface area contributed by atoms with Gasteiger partial charge in [-0.3, -0.25) is 4.90 Å². The summed E-state index contributed by atoms with van der Waals surface area (Å²) in [6, 6.07) is 5.61. The smallest absolute Gasteiger partial charge is 0.196 e. The van der Waals surface area contributed by atoms with Crippen molar-refractivity contribution >= 4 is 35.4 Å². The largest absolute Gasteiger partial charge is 0.334 e. The molecule has 3 nitrogen and oxygen atoms in total. The van der Waals surface area contributed by atoms with Crippen LogP contribution in [0.15, 0.2) is 24.4 Å². The van der Waals surface area contributed by atoms with Crippen LogP contribution in [0.5, 0.6) is 0 Å². The topological polar surface area (TPSA) is 31.9 Å². The van der Waals surface area contributed by atoms with E-state index in [1.165, 1.54) is 11.3 Å². The second-order valence-electron chi connectivity index (χ2n) is 4.85. The van der Waals surface area contributed by atoms with Crippen molar-refractivity contribution in [2.75, 3.05) is 6.54 Å². The number of benzene rings is 1. The molecule has 104 valence electrons. The van der Waals surface area contributed by atoms with E-state index in [2.05, 4.69) is 14.9 Å². The van der Waals surface area contributed by atoms with Gasteiger partial charge in [-0.1, -0.05) is 29.3 Å². The summed E-state index contributed by atoms with van der Waals surface area (Å²) >= 11 is 17.5. The molecule has 1 aliphatic heterocycles. The van der Waals surface area contributed by atoms with Crippen molar-refractivity contribution in [1.82, 2.24) is 14.9 Å². The maximum absolute atomic E-state index is 6.23. The quantitative estimate of drug-likeness (QED) is 0.847. The van der Waals surface area contributed by atoms with Crippen molar-refractivity contribution in [1.29, 1.82) is 0 Å². The van der Waals surface area contributed by atoms with Crippen molar-refractivity contribution in [3.8, 4) is 0 Å². The van der Waals surface area contributed by atoms with Gasteiger partial charge in [0.25, 0.3) is 0 Å². The van der Waals surface area contributed by atoms with Gasteiger partial charge >= 0.3 is 0 Å². The third-order valence-corrected chi connectivity index (χ3v) is 4.41. The summed E-state index contributed by atoms with van der Waals surface area (Å²) in [6.07, 6.45) is 2.79. The summed E-state index contributed by atoms with van der Waals surface area (Å²) in [4.78, 5) is 9.62. The van der Waals surface area contributed by atoms with Crippen LogP contribution in [0.25, 0.3) is 0 Å². The number of halogens is 2. The van der Waals surface area contributed by atoms with E-state index < -0.39 is 0 Å². The molecule has 0 saturated carbocycles. The van der Waals surface area contributed by atoms with Gasteiger partial charge < -0.3 is 4.98 Å². The Morgan fingerprint density at radius 1 is 1.30 bits per heavy atom. The van der Waals surface area contributed by atoms with Crippen LogP contribution in [0.1, 0.15) is 16.8 Å². The number of rotatable bonds is 2. The Kier molecular flexibility index (Phi) is 4.08. The van der Waals surface area contributed by atoms with Gasteiger partial charge in [0.15, 0.2) is 4.77 Å². The molecule has 0 fully saturated rings. The molecular formula is C14H13Cl2N3S. The number of nitrogens with one attached hydrogen (secondary N) is 1. The minimum absolute atomic E-state index is 0.548. The Morgan fingerprint density at radius 2 is 2.05 bits per heavy atom. The third kappa shape index (κ3) is 2.88. The molecule has 0 amide bonds. The number of hydrogen-bond acceptors (Lipinski definition) is 3. The van der Waals surface area contributed by atoms with Crippen LogP contribution >= 0.6 is 35.4 Å². The molecule has 0 aliphatic carbocycles. The SMILES string of the molecule is S=c1ncc2c([nH]1)CCN(Cc1c(Cl)cccc1Cl)C2. The summed E-state index contributed by atoms with van der Waals surface area (Å²) in [6.45, 7) is 2.52. The number of fused-ring (bicyclic) bond motifs is 1. The molecule has 1 N–H and O–H groups in total. The van der Waals surface area contributed by atoms with Crippen LogP contribution in [0.4, 0.5) is 0 Å². The van der Waals surface area contributed by atoms with Crippen molar-refractivity contribution in [2.45, 2.75) is 19.5 Å². The average Bonchev–Trinajstić information content (AvgIpc) is 2.43. The monoisotopic (exact) mass is 325 g/mol. The first-order valence-electron chi connectivity index (χ1n) is 6.36. The Labute approximate surface area is 132 Å². The minimum Gasteiger partial charge on any atom is -0.334 e. The van der Waals surface area contributed by atoms with Crippen molar-refractivity contribution in [3.63, 3.8) is 0 Å². The second-order valence-corrected chi connectivity index (χ2v) is 6.05. The molecule has 2 aromatic rings. The molecule has 0 unspecified atom stereocenters. The van der Waals surface area contributed by atoms with Gasteiger partial charge in [0.1, 0.15) is 0 Å². The highest BCUT2D eigenvalue weighted by atomic mass is 35.5. The molecular weight excluding hydrogens is 313 g/mol. The maximum Gasteiger partial charge on any atom is 0.196 e. The van der Waals surface area contributed by atoms with Gasteiger partial charge in [0, 0.05) is 59.1 Å². The van der Waals surface area contributed by atoms with E-state index in [0.717, 1.165) is 31.6 Å². The summed E-state index contributed by atoms with van der Waals surface area (Å²) in [5.41, 5.74) is 3.36. The van der Waals surface area contributed by atoms with E-state index >= 15 is 0 Å². The van der Waals surface area contributed by atoms with Crippen LogP contribution in [0, 0.1) is 4.77 Å². The molecule has 20 heavy (non-hydrogen) atoms. The van der Waals surface area contributed by atoms with Crippen molar-refractivity contribution in [2.24, 2.45) is 0 Å². The fourth-order valence-corrected chi connectivity index (χ4v) is 3.14. The Hall–Kier alpha value is -0.940. The fraction of sp³-hybridized carbons (Fsp3) is 0.286. The molecule has 2 heterocycles. The van der Waals surface area contributed by atoms with Gasteiger partial charge in [-0.05, 0) is 24.4 Å². The van der Waals surface area contributed by atoms with Crippen molar-refractivity contribution in [3.05, 3.63) is 56.0 Å². The van der Waals surface area contributed by atoms with E-state index in [-0.39, 0.29) is 0 Å². The van der Waals surface area contributed by atoms with E-state index in [9.17, 15) is 0 Å². The maximum atomic E-state index is 6.23. The van der Waals surface area contributed by atoms with Crippen LogP contribution in [-0.4, -0.2) is 21.4 Å². The zero-order valence-corrected chi connectivity index (χ0v) is 13.0. The summed E-state index contributed by atoms with van der Waals surface area (Å²) in [7, 11) is 0. The Bertz CT molecular complexity index is 679. The summed E-state index contributed by atoms with van der Waals surface area (Å²) in [5.74, 6) is 0. The normalized spacial score (nSPS) is 15.1. The molecule has 6 heteroatoms. The molecule has 1 aliphatic rings. The third-order valence-electron chi connectivity index (χ3n) is 3.50. The number of aromatic amines is 1. The van der Waals surface area contributed by atoms with Crippen molar-refractivity contribution < 1.29 is 0 Å². The van der Waals surface area contributed by atoms with Gasteiger partial charge in [-0.2, -0.15) is 0 Å². The minimum atomic E-state index is 0.548. The van der Waals surface area contributed by atoms with Crippen LogP contribution in [-0.2, 0) is 19.5 Å². The first-order chi connectivity index (χ1) is 9.63. The molecule has 0 atom stereocenters. The highest BCUT2D eigenvalue weighted by molar-refractivity contribution is 7.71. The molecule has 0 bridgehead atoms. The van der Waals surface area contributed by atoms with E-state index in [1.807, 2.05) is 24.4 Å². The highest BCUT2D eigenvalue weighted by Gasteiger charge is 2.18. The van der Waals surface area contributed by atoms with Gasteiger partial charge in [0.2, 0.25) is 0 Å². The number of nitrogens with zero attached hydrogens (tertiary/aromatic N) is 2. The predicted molar refractivity (Wildman–Crippen MR) is 83.7 cm³/mol. The molecule has 3 rings (SSSR count). The van der Waals surface area contributed by atoms with Gasteiger partial charge in [0.05, 0.1) is 0 Å². The number of aromatic nitrogens is 2. The van der Waals surface area contributed by atoms with E-state index in [4.69, 9.17) is 35.4 Å². The van der Waals surface area contributed by atoms with Crippen LogP contribution < -0.4 is 0 Å². The molecule has 1 aromatic carbocycles. The van der Waals surface area contributed by atoms with Crippen LogP contribution in [0.3, 0.4) is 0 Å². The fourth-order valence-electron chi connectivity index (χ4n) is 2.45. The number of H-pyrrole nitrogens is 1. The lowest BCUT2D eigenvalue weighted by Gasteiger charge is -2.28. The van der Waals surface area contributed by atoms with Gasteiger partial charge in [-0.15, -0.1) is 0 Å². The zero-order chi connectivity index (χ0) is 14.1. The predicted octanol–water partition coefficient (Wildman–Crippen LogP) is 4.00. The van der Waals surface area contributed by atoms with E-state index in [1.54, 1.807) is 0 Å².